The Labute approximate surface area is 463 Å². The van der Waals surface area contributed by atoms with Gasteiger partial charge in [0.15, 0.2) is 0 Å². The minimum atomic E-state index is -0.667. The van der Waals surface area contributed by atoms with Gasteiger partial charge in [-0.3, -0.25) is 9.59 Å². The molecule has 0 heterocycles. The Balaban J connectivity index is 3.39. The molecule has 440 valence electrons. The maximum absolute atomic E-state index is 12.5. The number of aliphatic hydroxyl groups is 2. The molecule has 2 atom stereocenters. The number of hydrogen-bond acceptors (Lipinski definition) is 5. The second-order valence-corrected chi connectivity index (χ2v) is 23.5. The van der Waals surface area contributed by atoms with Crippen LogP contribution < -0.4 is 5.32 Å². The largest absolute Gasteiger partial charge is 0.466 e. The lowest BCUT2D eigenvalue weighted by Gasteiger charge is -2.22. The van der Waals surface area contributed by atoms with Gasteiger partial charge in [-0.05, 0) is 51.4 Å². The SMILES string of the molecule is CCCCCCCC/C=C\CCCCCCCCCC(=O)OCCCCCCCCCCCCCCCCCCCCCC(=O)NC(CO)C(O)CCCCCCCCCCCCCCCCCCCCCCC. The van der Waals surface area contributed by atoms with Crippen LogP contribution in [-0.2, 0) is 14.3 Å². The summed E-state index contributed by atoms with van der Waals surface area (Å²) in [6.07, 6.45) is 78.1. The number of carbonyl (C=O) groups excluding carboxylic acids is 2. The Kier molecular flexibility index (Phi) is 62.9. The Morgan fingerprint density at radius 2 is 0.635 bits per heavy atom. The van der Waals surface area contributed by atoms with Crippen molar-refractivity contribution in [2.45, 2.75) is 398 Å². The first-order valence-corrected chi connectivity index (χ1v) is 33.9. The number of esters is 1. The molecule has 0 rings (SSSR count). The molecular formula is C68H133NO5. The van der Waals surface area contributed by atoms with Crippen molar-refractivity contribution in [3.63, 3.8) is 0 Å². The molecule has 0 bridgehead atoms. The number of carbonyl (C=O) groups is 2. The van der Waals surface area contributed by atoms with Crippen molar-refractivity contribution >= 4 is 11.9 Å². The van der Waals surface area contributed by atoms with Crippen molar-refractivity contribution in [3.8, 4) is 0 Å². The van der Waals surface area contributed by atoms with Crippen molar-refractivity contribution < 1.29 is 24.5 Å². The molecule has 0 aromatic heterocycles. The second kappa shape index (κ2) is 64.1. The molecule has 6 nitrogen and oxygen atoms in total. The molecule has 0 saturated heterocycles. The highest BCUT2D eigenvalue weighted by Gasteiger charge is 2.20. The average molecular weight is 1040 g/mol. The summed E-state index contributed by atoms with van der Waals surface area (Å²) in [7, 11) is 0. The predicted molar refractivity (Wildman–Crippen MR) is 324 cm³/mol. The van der Waals surface area contributed by atoms with Gasteiger partial charge in [-0.1, -0.05) is 334 Å². The topological polar surface area (TPSA) is 95.9 Å². The molecule has 2 unspecified atom stereocenters. The lowest BCUT2D eigenvalue weighted by atomic mass is 10.0. The van der Waals surface area contributed by atoms with Crippen molar-refractivity contribution in [2.24, 2.45) is 0 Å². The summed E-state index contributed by atoms with van der Waals surface area (Å²) in [5, 5.41) is 23.4. The maximum Gasteiger partial charge on any atom is 0.305 e. The normalized spacial score (nSPS) is 12.5. The van der Waals surface area contributed by atoms with E-state index in [4.69, 9.17) is 4.74 Å². The molecule has 0 saturated carbocycles. The van der Waals surface area contributed by atoms with Crippen LogP contribution in [-0.4, -0.2) is 47.4 Å². The number of rotatable bonds is 64. The number of allylic oxidation sites excluding steroid dienone is 2. The number of nitrogens with one attached hydrogen (secondary N) is 1. The van der Waals surface area contributed by atoms with Gasteiger partial charge in [-0.2, -0.15) is 0 Å². The molecular weight excluding hydrogens is 911 g/mol. The summed E-state index contributed by atoms with van der Waals surface area (Å²) in [6, 6.07) is -0.544. The number of unbranched alkanes of at least 4 members (excludes halogenated alkanes) is 51. The second-order valence-electron chi connectivity index (χ2n) is 23.5. The Hall–Kier alpha value is -1.40. The van der Waals surface area contributed by atoms with Crippen LogP contribution in [0.25, 0.3) is 0 Å². The van der Waals surface area contributed by atoms with E-state index < -0.39 is 12.1 Å². The Bertz CT molecular complexity index is 1110. The first-order chi connectivity index (χ1) is 36.5. The summed E-state index contributed by atoms with van der Waals surface area (Å²) >= 11 is 0. The highest BCUT2D eigenvalue weighted by molar-refractivity contribution is 5.76. The quantitative estimate of drug-likeness (QED) is 0.0320. The third-order valence-corrected chi connectivity index (χ3v) is 16.1. The molecule has 0 aliphatic carbocycles. The fourth-order valence-electron chi connectivity index (χ4n) is 10.9. The minimum Gasteiger partial charge on any atom is -0.466 e. The average Bonchev–Trinajstić information content (AvgIpc) is 3.40. The summed E-state index contributed by atoms with van der Waals surface area (Å²) in [6.45, 7) is 4.98. The number of ether oxygens (including phenoxy) is 1. The Morgan fingerprint density at radius 1 is 0.365 bits per heavy atom. The van der Waals surface area contributed by atoms with Crippen LogP contribution in [0.1, 0.15) is 386 Å². The van der Waals surface area contributed by atoms with Gasteiger partial charge < -0.3 is 20.3 Å². The third kappa shape index (κ3) is 59.8. The Morgan fingerprint density at radius 3 is 0.959 bits per heavy atom. The maximum atomic E-state index is 12.5. The number of hydrogen-bond donors (Lipinski definition) is 3. The number of aliphatic hydroxyl groups excluding tert-OH is 2. The zero-order valence-electron chi connectivity index (χ0n) is 50.4. The van der Waals surface area contributed by atoms with Crippen LogP contribution in [0, 0.1) is 0 Å². The van der Waals surface area contributed by atoms with Gasteiger partial charge in [0, 0.05) is 12.8 Å². The molecule has 0 spiro atoms. The predicted octanol–water partition coefficient (Wildman–Crippen LogP) is 21.6. The van der Waals surface area contributed by atoms with E-state index in [2.05, 4.69) is 31.3 Å². The van der Waals surface area contributed by atoms with Gasteiger partial charge in [0.1, 0.15) is 0 Å². The molecule has 0 aromatic carbocycles. The van der Waals surface area contributed by atoms with E-state index in [1.54, 1.807) is 0 Å². The van der Waals surface area contributed by atoms with Gasteiger partial charge in [0.05, 0.1) is 25.4 Å². The highest BCUT2D eigenvalue weighted by Crippen LogP contribution is 2.19. The smallest absolute Gasteiger partial charge is 0.305 e. The molecule has 0 aliphatic heterocycles. The summed E-state index contributed by atoms with van der Waals surface area (Å²) in [5.41, 5.74) is 0. The van der Waals surface area contributed by atoms with E-state index in [1.807, 2.05) is 0 Å². The molecule has 74 heavy (non-hydrogen) atoms. The van der Waals surface area contributed by atoms with Crippen molar-refractivity contribution in [3.05, 3.63) is 12.2 Å². The lowest BCUT2D eigenvalue weighted by molar-refractivity contribution is -0.143. The summed E-state index contributed by atoms with van der Waals surface area (Å²) < 4.78 is 5.50. The molecule has 0 aliphatic rings. The standard InChI is InChI=1S/C68H133NO5/c1-3-5-7-9-11-13-15-17-19-21-22-23-25-29-32-36-40-44-48-52-56-60-66(71)65(64-70)69-67(72)61-57-53-49-45-41-37-33-30-26-24-27-31-35-39-43-47-51-55-59-63-74-68(73)62-58-54-50-46-42-38-34-28-20-18-16-14-12-10-8-6-4-2/h18,20,65-66,70-71H,3-17,19,21-64H2,1-2H3,(H,69,72)/b20-18-. The van der Waals surface area contributed by atoms with Crippen molar-refractivity contribution in [1.82, 2.24) is 5.32 Å². The van der Waals surface area contributed by atoms with E-state index in [-0.39, 0.29) is 18.5 Å². The zero-order valence-corrected chi connectivity index (χ0v) is 50.4. The van der Waals surface area contributed by atoms with E-state index >= 15 is 0 Å². The van der Waals surface area contributed by atoms with Crippen LogP contribution in [0.5, 0.6) is 0 Å². The van der Waals surface area contributed by atoms with Gasteiger partial charge in [-0.25, -0.2) is 0 Å². The fourth-order valence-corrected chi connectivity index (χ4v) is 10.9. The van der Waals surface area contributed by atoms with Gasteiger partial charge in [0.25, 0.3) is 0 Å². The van der Waals surface area contributed by atoms with Crippen molar-refractivity contribution in [1.29, 1.82) is 0 Å². The van der Waals surface area contributed by atoms with Crippen LogP contribution in [0.3, 0.4) is 0 Å². The number of amides is 1. The molecule has 0 aromatic rings. The summed E-state index contributed by atoms with van der Waals surface area (Å²) in [4.78, 5) is 24.6. The molecule has 0 radical (unpaired) electrons. The lowest BCUT2D eigenvalue weighted by Crippen LogP contribution is -2.45. The zero-order chi connectivity index (χ0) is 53.6. The molecule has 1 amide bonds. The fraction of sp³-hybridized carbons (Fsp3) is 0.941. The van der Waals surface area contributed by atoms with E-state index in [9.17, 15) is 19.8 Å². The highest BCUT2D eigenvalue weighted by atomic mass is 16.5. The van der Waals surface area contributed by atoms with E-state index in [0.29, 0.717) is 25.9 Å². The van der Waals surface area contributed by atoms with Crippen LogP contribution in [0.2, 0.25) is 0 Å². The van der Waals surface area contributed by atoms with Crippen molar-refractivity contribution in [2.75, 3.05) is 13.2 Å². The monoisotopic (exact) mass is 1040 g/mol. The molecule has 3 N–H and O–H groups in total. The first-order valence-electron chi connectivity index (χ1n) is 33.9. The van der Waals surface area contributed by atoms with Crippen LogP contribution in [0.4, 0.5) is 0 Å². The van der Waals surface area contributed by atoms with Crippen LogP contribution >= 0.6 is 0 Å². The summed E-state index contributed by atoms with van der Waals surface area (Å²) in [5.74, 6) is -0.0262. The van der Waals surface area contributed by atoms with Crippen LogP contribution in [0.15, 0.2) is 12.2 Å². The van der Waals surface area contributed by atoms with Gasteiger partial charge >= 0.3 is 5.97 Å². The molecule has 0 fully saturated rings. The molecule has 6 heteroatoms. The van der Waals surface area contributed by atoms with E-state index in [1.165, 1.54) is 308 Å². The van der Waals surface area contributed by atoms with E-state index in [0.717, 1.165) is 44.9 Å². The third-order valence-electron chi connectivity index (χ3n) is 16.1. The first kappa shape index (κ1) is 72.6. The minimum absolute atomic E-state index is 0.00705. The van der Waals surface area contributed by atoms with Gasteiger partial charge in [-0.15, -0.1) is 0 Å². The van der Waals surface area contributed by atoms with Gasteiger partial charge in [0.2, 0.25) is 5.91 Å².